The Morgan fingerprint density at radius 2 is 2.12 bits per heavy atom. The zero-order valence-electron chi connectivity index (χ0n) is 11.1. The second-order valence-corrected chi connectivity index (χ2v) is 5.39. The second kappa shape index (κ2) is 6.69. The van der Waals surface area contributed by atoms with E-state index in [-0.39, 0.29) is 0 Å². The minimum atomic E-state index is 0.403. The maximum Gasteiger partial charge on any atom is 0.0829 e. The van der Waals surface area contributed by atoms with Crippen LogP contribution in [0.2, 0.25) is 0 Å². The molecule has 4 nitrogen and oxygen atoms in total. The zero-order chi connectivity index (χ0) is 12.1. The summed E-state index contributed by atoms with van der Waals surface area (Å²) < 4.78 is 5.87. The summed E-state index contributed by atoms with van der Waals surface area (Å²) in [6, 6.07) is 0. The maximum atomic E-state index is 5.87. The molecule has 2 aliphatic heterocycles. The van der Waals surface area contributed by atoms with Gasteiger partial charge in [0.15, 0.2) is 0 Å². The molecule has 2 atom stereocenters. The monoisotopic (exact) mass is 241 g/mol. The third kappa shape index (κ3) is 3.91. The Morgan fingerprint density at radius 1 is 1.24 bits per heavy atom. The minimum absolute atomic E-state index is 0.403. The van der Waals surface area contributed by atoms with Gasteiger partial charge in [-0.3, -0.25) is 4.90 Å². The van der Waals surface area contributed by atoms with Gasteiger partial charge in [0, 0.05) is 26.2 Å². The predicted molar refractivity (Wildman–Crippen MR) is 70.1 cm³/mol. The topological polar surface area (TPSA) is 41.7 Å². The molecular weight excluding hydrogens is 214 g/mol. The molecule has 0 spiro atoms. The summed E-state index contributed by atoms with van der Waals surface area (Å²) in [6.45, 7) is 10.8. The van der Waals surface area contributed by atoms with Crippen molar-refractivity contribution < 1.29 is 4.74 Å². The predicted octanol–water partition coefficient (Wildman–Crippen LogP) is 0.378. The third-order valence-corrected chi connectivity index (χ3v) is 4.07. The van der Waals surface area contributed by atoms with E-state index in [9.17, 15) is 0 Å². The van der Waals surface area contributed by atoms with E-state index >= 15 is 0 Å². The van der Waals surface area contributed by atoms with Crippen LogP contribution in [0, 0.1) is 5.92 Å². The van der Waals surface area contributed by atoms with Crippen LogP contribution in [0.5, 0.6) is 0 Å². The van der Waals surface area contributed by atoms with Crippen LogP contribution < -0.4 is 5.73 Å². The molecule has 2 rings (SSSR count). The molecule has 2 saturated heterocycles. The Bertz CT molecular complexity index is 203. The second-order valence-electron chi connectivity index (χ2n) is 5.39. The highest BCUT2D eigenvalue weighted by molar-refractivity contribution is 4.79. The Balaban J connectivity index is 1.75. The molecule has 0 aromatic carbocycles. The molecule has 0 bridgehead atoms. The van der Waals surface area contributed by atoms with Crippen LogP contribution in [0.25, 0.3) is 0 Å². The smallest absolute Gasteiger partial charge is 0.0829 e. The van der Waals surface area contributed by atoms with Crippen molar-refractivity contribution in [3.63, 3.8) is 0 Å². The fourth-order valence-electron chi connectivity index (χ4n) is 2.98. The van der Waals surface area contributed by atoms with Gasteiger partial charge in [-0.15, -0.1) is 0 Å². The van der Waals surface area contributed by atoms with Crippen molar-refractivity contribution in [2.75, 3.05) is 52.4 Å². The highest BCUT2D eigenvalue weighted by Crippen LogP contribution is 2.16. The lowest BCUT2D eigenvalue weighted by Gasteiger charge is -2.38. The van der Waals surface area contributed by atoms with E-state index < -0.39 is 0 Å². The van der Waals surface area contributed by atoms with Crippen LogP contribution in [-0.4, -0.2) is 68.3 Å². The van der Waals surface area contributed by atoms with Gasteiger partial charge < -0.3 is 15.4 Å². The summed E-state index contributed by atoms with van der Waals surface area (Å²) in [6.07, 6.45) is 3.01. The number of rotatable bonds is 4. The van der Waals surface area contributed by atoms with Gasteiger partial charge in [-0.05, 0) is 38.4 Å². The lowest BCUT2D eigenvalue weighted by atomic mass is 9.98. The van der Waals surface area contributed by atoms with E-state index in [2.05, 4.69) is 16.7 Å². The molecule has 4 heteroatoms. The molecule has 0 saturated carbocycles. The van der Waals surface area contributed by atoms with Gasteiger partial charge in [-0.1, -0.05) is 6.92 Å². The molecule has 2 N–H and O–H groups in total. The van der Waals surface area contributed by atoms with Crippen molar-refractivity contribution >= 4 is 0 Å². The Hall–Kier alpha value is -0.160. The first-order valence-electron chi connectivity index (χ1n) is 7.08. The van der Waals surface area contributed by atoms with Gasteiger partial charge in [0.2, 0.25) is 0 Å². The first-order chi connectivity index (χ1) is 8.31. The van der Waals surface area contributed by atoms with Gasteiger partial charge in [-0.25, -0.2) is 0 Å². The summed E-state index contributed by atoms with van der Waals surface area (Å²) in [4.78, 5) is 5.03. The van der Waals surface area contributed by atoms with Crippen molar-refractivity contribution in [1.82, 2.24) is 9.80 Å². The number of likely N-dealkylation sites (N-methyl/N-ethyl adjacent to an activating group) is 1. The first-order valence-corrected chi connectivity index (χ1v) is 7.08. The minimum Gasteiger partial charge on any atom is -0.374 e. The average Bonchev–Trinajstić information content (AvgIpc) is 2.39. The first kappa shape index (κ1) is 13.3. The van der Waals surface area contributed by atoms with Gasteiger partial charge >= 0.3 is 0 Å². The molecule has 0 aliphatic carbocycles. The largest absolute Gasteiger partial charge is 0.374 e. The molecule has 2 unspecified atom stereocenters. The quantitative estimate of drug-likeness (QED) is 0.772. The number of nitrogens with zero attached hydrogens (tertiary/aromatic N) is 2. The van der Waals surface area contributed by atoms with Crippen LogP contribution >= 0.6 is 0 Å². The molecule has 2 heterocycles. The number of hydrogen-bond donors (Lipinski definition) is 1. The number of hydrogen-bond acceptors (Lipinski definition) is 4. The molecule has 2 fully saturated rings. The summed E-state index contributed by atoms with van der Waals surface area (Å²) in [7, 11) is 0. The number of morpholine rings is 1. The number of ether oxygens (including phenoxy) is 1. The van der Waals surface area contributed by atoms with E-state index in [0.29, 0.717) is 12.0 Å². The lowest BCUT2D eigenvalue weighted by molar-refractivity contribution is -0.0460. The standard InChI is InChI=1S/C13H27N3O/c1-2-15-6-7-17-13(10-15)11-16-5-3-4-12(8-14)9-16/h12-13H,2-11,14H2,1H3. The average molecular weight is 241 g/mol. The molecule has 0 aromatic heterocycles. The number of piperidine rings is 1. The third-order valence-electron chi connectivity index (χ3n) is 4.07. The summed E-state index contributed by atoms with van der Waals surface area (Å²) in [5.74, 6) is 0.703. The molecule has 100 valence electrons. The molecule has 17 heavy (non-hydrogen) atoms. The lowest BCUT2D eigenvalue weighted by Crippen LogP contribution is -2.49. The van der Waals surface area contributed by atoms with Crippen LogP contribution in [0.4, 0.5) is 0 Å². The van der Waals surface area contributed by atoms with E-state index in [4.69, 9.17) is 10.5 Å². The SMILES string of the molecule is CCN1CCOC(CN2CCCC(CN)C2)C1. The van der Waals surface area contributed by atoms with E-state index in [1.54, 1.807) is 0 Å². The van der Waals surface area contributed by atoms with E-state index in [1.165, 1.54) is 25.9 Å². The number of likely N-dealkylation sites (tertiary alicyclic amines) is 1. The van der Waals surface area contributed by atoms with Crippen LogP contribution in [0.15, 0.2) is 0 Å². The van der Waals surface area contributed by atoms with Crippen molar-refractivity contribution in [3.8, 4) is 0 Å². The molecule has 0 aromatic rings. The molecule has 2 aliphatic rings. The fraction of sp³-hybridized carbons (Fsp3) is 1.00. The van der Waals surface area contributed by atoms with Crippen LogP contribution in [-0.2, 0) is 4.74 Å². The normalized spacial score (nSPS) is 32.8. The van der Waals surface area contributed by atoms with E-state index in [0.717, 1.165) is 39.3 Å². The fourth-order valence-corrected chi connectivity index (χ4v) is 2.98. The number of nitrogens with two attached hydrogens (primary N) is 1. The highest BCUT2D eigenvalue weighted by Gasteiger charge is 2.25. The van der Waals surface area contributed by atoms with Crippen molar-refractivity contribution in [2.24, 2.45) is 11.7 Å². The molecule has 0 amide bonds. The van der Waals surface area contributed by atoms with Crippen molar-refractivity contribution in [1.29, 1.82) is 0 Å². The maximum absolute atomic E-state index is 5.87. The zero-order valence-corrected chi connectivity index (χ0v) is 11.1. The van der Waals surface area contributed by atoms with E-state index in [1.807, 2.05) is 0 Å². The summed E-state index contributed by atoms with van der Waals surface area (Å²) in [5.41, 5.74) is 5.78. The Labute approximate surface area is 105 Å². The molecular formula is C13H27N3O. The van der Waals surface area contributed by atoms with Crippen molar-refractivity contribution in [3.05, 3.63) is 0 Å². The Kier molecular flexibility index (Phi) is 5.22. The van der Waals surface area contributed by atoms with Crippen LogP contribution in [0.1, 0.15) is 19.8 Å². The summed E-state index contributed by atoms with van der Waals surface area (Å²) >= 11 is 0. The van der Waals surface area contributed by atoms with Gasteiger partial charge in [0.1, 0.15) is 0 Å². The van der Waals surface area contributed by atoms with Crippen LogP contribution in [0.3, 0.4) is 0 Å². The molecule has 0 radical (unpaired) electrons. The van der Waals surface area contributed by atoms with Gasteiger partial charge in [0.05, 0.1) is 12.7 Å². The van der Waals surface area contributed by atoms with Gasteiger partial charge in [0.25, 0.3) is 0 Å². The van der Waals surface area contributed by atoms with Gasteiger partial charge in [-0.2, -0.15) is 0 Å². The van der Waals surface area contributed by atoms with Crippen molar-refractivity contribution in [2.45, 2.75) is 25.9 Å². The highest BCUT2D eigenvalue weighted by atomic mass is 16.5. The Morgan fingerprint density at radius 3 is 2.88 bits per heavy atom. The summed E-state index contributed by atoms with van der Waals surface area (Å²) in [5, 5.41) is 0.